The number of aromatic nitrogens is 3. The monoisotopic (exact) mass is 436 g/mol. The van der Waals surface area contributed by atoms with Crippen molar-refractivity contribution in [3.05, 3.63) is 59.9 Å². The summed E-state index contributed by atoms with van der Waals surface area (Å²) in [6, 6.07) is 14.7. The SMILES string of the molecule is CN(CC(=O)Nc1cccc(-c2nnc3n2CCC3)c1)S(=O)(=O)c1ccc(C#N)cc1. The zero-order valence-corrected chi connectivity index (χ0v) is 17.6. The van der Waals surface area contributed by atoms with Gasteiger partial charge in [-0.1, -0.05) is 12.1 Å². The van der Waals surface area contributed by atoms with E-state index in [0.29, 0.717) is 11.3 Å². The van der Waals surface area contributed by atoms with E-state index in [4.69, 9.17) is 5.26 Å². The molecule has 0 aliphatic carbocycles. The minimum Gasteiger partial charge on any atom is -0.325 e. The van der Waals surface area contributed by atoms with Crippen molar-refractivity contribution in [2.45, 2.75) is 24.3 Å². The summed E-state index contributed by atoms with van der Waals surface area (Å²) in [5.41, 5.74) is 1.73. The van der Waals surface area contributed by atoms with E-state index in [9.17, 15) is 13.2 Å². The minimum absolute atomic E-state index is 0.0180. The highest BCUT2D eigenvalue weighted by atomic mass is 32.2. The van der Waals surface area contributed by atoms with E-state index in [2.05, 4.69) is 20.1 Å². The quantitative estimate of drug-likeness (QED) is 0.631. The van der Waals surface area contributed by atoms with Crippen LogP contribution in [0.15, 0.2) is 53.4 Å². The summed E-state index contributed by atoms with van der Waals surface area (Å²) < 4.78 is 28.4. The van der Waals surface area contributed by atoms with Crippen LogP contribution in [0.3, 0.4) is 0 Å². The maximum Gasteiger partial charge on any atom is 0.243 e. The van der Waals surface area contributed by atoms with Gasteiger partial charge in [-0.2, -0.15) is 9.57 Å². The van der Waals surface area contributed by atoms with Crippen molar-refractivity contribution in [1.29, 1.82) is 5.26 Å². The number of amides is 1. The van der Waals surface area contributed by atoms with Gasteiger partial charge in [0, 0.05) is 31.3 Å². The van der Waals surface area contributed by atoms with Gasteiger partial charge in [-0.05, 0) is 42.8 Å². The number of sulfonamides is 1. The Kier molecular flexibility index (Phi) is 5.54. The molecule has 2 heterocycles. The lowest BCUT2D eigenvalue weighted by Crippen LogP contribution is -2.34. The molecule has 0 saturated heterocycles. The van der Waals surface area contributed by atoms with Crippen LogP contribution >= 0.6 is 0 Å². The second-order valence-electron chi connectivity index (χ2n) is 7.22. The number of nitrogens with one attached hydrogen (secondary N) is 1. The molecule has 0 saturated carbocycles. The number of rotatable bonds is 6. The van der Waals surface area contributed by atoms with Gasteiger partial charge in [0.2, 0.25) is 15.9 Å². The molecule has 158 valence electrons. The van der Waals surface area contributed by atoms with Crippen LogP contribution in [0.1, 0.15) is 17.8 Å². The molecule has 2 aromatic carbocycles. The summed E-state index contributed by atoms with van der Waals surface area (Å²) in [5.74, 6) is 1.24. The molecule has 1 aliphatic rings. The highest BCUT2D eigenvalue weighted by Gasteiger charge is 2.23. The molecule has 1 aromatic heterocycles. The number of aryl methyl sites for hydroxylation is 1. The lowest BCUT2D eigenvalue weighted by atomic mass is 10.2. The van der Waals surface area contributed by atoms with Crippen molar-refractivity contribution < 1.29 is 13.2 Å². The zero-order chi connectivity index (χ0) is 22.0. The first-order chi connectivity index (χ1) is 14.9. The second kappa shape index (κ2) is 8.29. The number of anilines is 1. The van der Waals surface area contributed by atoms with Crippen molar-refractivity contribution in [1.82, 2.24) is 19.1 Å². The molecule has 0 atom stereocenters. The van der Waals surface area contributed by atoms with E-state index in [0.717, 1.165) is 40.9 Å². The maximum atomic E-state index is 12.7. The smallest absolute Gasteiger partial charge is 0.243 e. The molecule has 0 unspecified atom stereocenters. The van der Waals surface area contributed by atoms with Crippen molar-refractivity contribution >= 4 is 21.6 Å². The van der Waals surface area contributed by atoms with Gasteiger partial charge < -0.3 is 9.88 Å². The molecule has 0 bridgehead atoms. The van der Waals surface area contributed by atoms with Gasteiger partial charge >= 0.3 is 0 Å². The maximum absolute atomic E-state index is 12.7. The standard InChI is InChI=1S/C21H20N6O3S/c1-26(31(29,30)18-9-7-15(13-22)8-10-18)14-20(28)23-17-5-2-4-16(12-17)21-25-24-19-6-3-11-27(19)21/h2,4-5,7-10,12H,3,6,11,14H2,1H3,(H,23,28). The highest BCUT2D eigenvalue weighted by Crippen LogP contribution is 2.25. The fraction of sp³-hybridized carbons (Fsp3) is 0.238. The third kappa shape index (κ3) is 4.19. The van der Waals surface area contributed by atoms with Gasteiger partial charge in [0.15, 0.2) is 5.82 Å². The Balaban J connectivity index is 1.45. The molecular formula is C21H20N6O3S. The molecule has 1 aliphatic heterocycles. The van der Waals surface area contributed by atoms with Crippen LogP contribution in [0.4, 0.5) is 5.69 Å². The highest BCUT2D eigenvalue weighted by molar-refractivity contribution is 7.89. The van der Waals surface area contributed by atoms with Gasteiger partial charge in [-0.25, -0.2) is 8.42 Å². The van der Waals surface area contributed by atoms with Crippen LogP contribution < -0.4 is 5.32 Å². The number of carbonyl (C=O) groups is 1. The summed E-state index contributed by atoms with van der Waals surface area (Å²) in [6.07, 6.45) is 1.94. The molecule has 1 amide bonds. The number of carbonyl (C=O) groups excluding carboxylic acids is 1. The molecule has 0 spiro atoms. The molecule has 3 aromatic rings. The Labute approximate surface area is 180 Å². The Morgan fingerprint density at radius 2 is 2.00 bits per heavy atom. The number of hydrogen-bond donors (Lipinski definition) is 1. The summed E-state index contributed by atoms with van der Waals surface area (Å²) >= 11 is 0. The molecule has 1 N–H and O–H groups in total. The van der Waals surface area contributed by atoms with Crippen molar-refractivity contribution in [2.75, 3.05) is 18.9 Å². The first kappa shape index (κ1) is 20.7. The summed E-state index contributed by atoms with van der Waals surface area (Å²) in [7, 11) is -2.52. The average Bonchev–Trinajstić information content (AvgIpc) is 3.37. The molecule has 4 rings (SSSR count). The predicted molar refractivity (Wildman–Crippen MR) is 113 cm³/mol. The number of fused-ring (bicyclic) bond motifs is 1. The Morgan fingerprint density at radius 3 is 2.74 bits per heavy atom. The van der Waals surface area contributed by atoms with Gasteiger partial charge in [0.05, 0.1) is 23.1 Å². The average molecular weight is 436 g/mol. The van der Waals surface area contributed by atoms with Gasteiger partial charge in [-0.3, -0.25) is 4.79 Å². The van der Waals surface area contributed by atoms with Crippen molar-refractivity contribution in [3.8, 4) is 17.5 Å². The predicted octanol–water partition coefficient (Wildman–Crippen LogP) is 2.02. The summed E-state index contributed by atoms with van der Waals surface area (Å²) in [5, 5.41) is 20.0. The third-order valence-electron chi connectivity index (χ3n) is 5.07. The van der Waals surface area contributed by atoms with Crippen LogP contribution in [0.2, 0.25) is 0 Å². The normalized spacial score (nSPS) is 13.1. The van der Waals surface area contributed by atoms with E-state index in [1.165, 1.54) is 31.3 Å². The Morgan fingerprint density at radius 1 is 1.23 bits per heavy atom. The summed E-state index contributed by atoms with van der Waals surface area (Å²) in [4.78, 5) is 12.5. The van der Waals surface area contributed by atoms with Crippen LogP contribution in [0.5, 0.6) is 0 Å². The molecule has 31 heavy (non-hydrogen) atoms. The number of nitriles is 1. The first-order valence-corrected chi connectivity index (χ1v) is 11.1. The fourth-order valence-corrected chi connectivity index (χ4v) is 4.60. The van der Waals surface area contributed by atoms with Crippen LogP contribution in [0.25, 0.3) is 11.4 Å². The minimum atomic E-state index is -3.86. The van der Waals surface area contributed by atoms with E-state index < -0.39 is 15.9 Å². The zero-order valence-electron chi connectivity index (χ0n) is 16.8. The number of nitrogens with zero attached hydrogens (tertiary/aromatic N) is 5. The van der Waals surface area contributed by atoms with E-state index in [-0.39, 0.29) is 11.4 Å². The van der Waals surface area contributed by atoms with Crippen molar-refractivity contribution in [2.24, 2.45) is 0 Å². The molecule has 0 radical (unpaired) electrons. The van der Waals surface area contributed by atoms with E-state index >= 15 is 0 Å². The lowest BCUT2D eigenvalue weighted by molar-refractivity contribution is -0.116. The Hall–Kier alpha value is -3.55. The van der Waals surface area contributed by atoms with Gasteiger partial charge in [0.25, 0.3) is 0 Å². The van der Waals surface area contributed by atoms with Gasteiger partial charge in [-0.15, -0.1) is 10.2 Å². The molecule has 9 nitrogen and oxygen atoms in total. The number of likely N-dealkylation sites (N-methyl/N-ethyl adjacent to an activating group) is 1. The number of hydrogen-bond acceptors (Lipinski definition) is 6. The van der Waals surface area contributed by atoms with E-state index in [1.54, 1.807) is 18.2 Å². The fourth-order valence-electron chi connectivity index (χ4n) is 3.47. The topological polar surface area (TPSA) is 121 Å². The van der Waals surface area contributed by atoms with Crippen molar-refractivity contribution in [3.63, 3.8) is 0 Å². The molecule has 0 fully saturated rings. The molecule has 10 heteroatoms. The molecular weight excluding hydrogens is 416 g/mol. The van der Waals surface area contributed by atoms with Crippen LogP contribution in [-0.2, 0) is 27.8 Å². The van der Waals surface area contributed by atoms with Crippen LogP contribution in [-0.4, -0.2) is 47.0 Å². The number of benzene rings is 2. The van der Waals surface area contributed by atoms with Gasteiger partial charge in [0.1, 0.15) is 5.82 Å². The second-order valence-corrected chi connectivity index (χ2v) is 9.27. The van der Waals surface area contributed by atoms with E-state index in [1.807, 2.05) is 12.1 Å². The van der Waals surface area contributed by atoms with Crippen LogP contribution in [0, 0.1) is 11.3 Å². The first-order valence-electron chi connectivity index (χ1n) is 9.67. The third-order valence-corrected chi connectivity index (χ3v) is 6.89. The Bertz CT molecular complexity index is 1280. The summed E-state index contributed by atoms with van der Waals surface area (Å²) in [6.45, 7) is 0.513. The largest absolute Gasteiger partial charge is 0.325 e. The lowest BCUT2D eigenvalue weighted by Gasteiger charge is -2.17.